The maximum absolute atomic E-state index is 5.73. The predicted octanol–water partition coefficient (Wildman–Crippen LogP) is 2.29. The van der Waals surface area contributed by atoms with Crippen molar-refractivity contribution in [2.24, 2.45) is 0 Å². The van der Waals surface area contributed by atoms with Crippen molar-refractivity contribution in [3.63, 3.8) is 0 Å². The van der Waals surface area contributed by atoms with Crippen LogP contribution >= 0.6 is 0 Å². The zero-order valence-electron chi connectivity index (χ0n) is 14.3. The van der Waals surface area contributed by atoms with Crippen molar-refractivity contribution in [3.05, 3.63) is 54.6 Å². The molecule has 26 heavy (non-hydrogen) atoms. The van der Waals surface area contributed by atoms with Crippen LogP contribution in [0.1, 0.15) is 5.56 Å². The fraction of sp³-hybridized carbons (Fsp3) is 0.222. The van der Waals surface area contributed by atoms with Crippen LogP contribution in [0.5, 0.6) is 5.88 Å². The number of aromatic nitrogens is 6. The van der Waals surface area contributed by atoms with Crippen LogP contribution in [0.3, 0.4) is 0 Å². The Labute approximate surface area is 149 Å². The summed E-state index contributed by atoms with van der Waals surface area (Å²) in [5.74, 6) is 0.501. The molecule has 0 aliphatic heterocycles. The molecule has 0 spiro atoms. The topological polar surface area (TPSA) is 90.7 Å². The molecule has 8 heteroatoms. The summed E-state index contributed by atoms with van der Waals surface area (Å²) in [4.78, 5) is 11.6. The molecular weight excluding hydrogens is 332 g/mol. The number of ether oxygens (including phenoxy) is 2. The second kappa shape index (κ2) is 7.32. The molecule has 0 aliphatic carbocycles. The smallest absolute Gasteiger partial charge is 0.226 e. The number of fused-ring (bicyclic) bond motifs is 1. The average molecular weight is 350 g/mol. The minimum Gasteiger partial charge on any atom is -0.475 e. The minimum atomic E-state index is 0.411. The molecule has 4 aromatic rings. The molecule has 0 unspecified atom stereocenters. The van der Waals surface area contributed by atoms with Gasteiger partial charge in [0.05, 0.1) is 24.7 Å². The number of hydrogen-bond donors (Lipinski definition) is 1. The number of hydrogen-bond acceptors (Lipinski definition) is 6. The van der Waals surface area contributed by atoms with Gasteiger partial charge in [0.2, 0.25) is 5.88 Å². The van der Waals surface area contributed by atoms with Gasteiger partial charge in [-0.2, -0.15) is 0 Å². The number of nitrogens with zero attached hydrogens (tertiary/aromatic N) is 5. The first-order valence-electron chi connectivity index (χ1n) is 8.23. The van der Waals surface area contributed by atoms with Crippen molar-refractivity contribution in [1.29, 1.82) is 0 Å². The van der Waals surface area contributed by atoms with Gasteiger partial charge in [0, 0.05) is 18.9 Å². The maximum atomic E-state index is 5.73. The van der Waals surface area contributed by atoms with Gasteiger partial charge >= 0.3 is 0 Å². The molecule has 3 aromatic heterocycles. The van der Waals surface area contributed by atoms with Crippen LogP contribution in [0.15, 0.2) is 49.1 Å². The molecule has 1 aromatic carbocycles. The van der Waals surface area contributed by atoms with Gasteiger partial charge in [-0.05, 0) is 5.56 Å². The van der Waals surface area contributed by atoms with E-state index in [4.69, 9.17) is 9.47 Å². The van der Waals surface area contributed by atoms with E-state index < -0.39 is 0 Å². The molecular formula is C18H18N6O2. The molecule has 0 amide bonds. The third-order valence-corrected chi connectivity index (χ3v) is 3.96. The normalized spacial score (nSPS) is 11.1. The first-order chi connectivity index (χ1) is 12.8. The molecule has 0 fully saturated rings. The van der Waals surface area contributed by atoms with Crippen LogP contribution in [-0.4, -0.2) is 50.3 Å². The summed E-state index contributed by atoms with van der Waals surface area (Å²) in [6, 6.07) is 10.1. The van der Waals surface area contributed by atoms with Crippen molar-refractivity contribution < 1.29 is 9.47 Å². The summed E-state index contributed by atoms with van der Waals surface area (Å²) < 4.78 is 12.6. The fourth-order valence-electron chi connectivity index (χ4n) is 2.74. The van der Waals surface area contributed by atoms with Crippen LogP contribution in [0.2, 0.25) is 0 Å². The Morgan fingerprint density at radius 2 is 2.00 bits per heavy atom. The van der Waals surface area contributed by atoms with Gasteiger partial charge in [0.15, 0.2) is 0 Å². The SMILES string of the molecule is COCCOc1ncnc2[nH]cc(-c3cn(Cc4ccccc4)nn3)c12. The minimum absolute atomic E-state index is 0.411. The largest absolute Gasteiger partial charge is 0.475 e. The monoisotopic (exact) mass is 350 g/mol. The Balaban J connectivity index is 1.64. The Kier molecular flexibility index (Phi) is 4.57. The van der Waals surface area contributed by atoms with Crippen molar-refractivity contribution in [1.82, 2.24) is 29.9 Å². The first-order valence-corrected chi connectivity index (χ1v) is 8.23. The molecule has 8 nitrogen and oxygen atoms in total. The van der Waals surface area contributed by atoms with E-state index in [-0.39, 0.29) is 0 Å². The zero-order chi connectivity index (χ0) is 17.8. The number of H-pyrrole nitrogens is 1. The molecule has 0 saturated carbocycles. The van der Waals surface area contributed by atoms with Gasteiger partial charge in [0.1, 0.15) is 24.3 Å². The van der Waals surface area contributed by atoms with Gasteiger partial charge in [-0.1, -0.05) is 35.5 Å². The Hall–Kier alpha value is -3.26. The summed E-state index contributed by atoms with van der Waals surface area (Å²) >= 11 is 0. The van der Waals surface area contributed by atoms with Gasteiger partial charge < -0.3 is 14.5 Å². The Morgan fingerprint density at radius 3 is 2.85 bits per heavy atom. The van der Waals surface area contributed by atoms with E-state index in [9.17, 15) is 0 Å². The molecule has 0 bridgehead atoms. The van der Waals surface area contributed by atoms with Gasteiger partial charge in [-0.3, -0.25) is 0 Å². The molecule has 132 valence electrons. The number of benzene rings is 1. The molecule has 0 aliphatic rings. The van der Waals surface area contributed by atoms with Gasteiger partial charge in [0.25, 0.3) is 0 Å². The first kappa shape index (κ1) is 16.2. The zero-order valence-corrected chi connectivity index (χ0v) is 14.3. The predicted molar refractivity (Wildman–Crippen MR) is 95.8 cm³/mol. The highest BCUT2D eigenvalue weighted by atomic mass is 16.5. The lowest BCUT2D eigenvalue weighted by Gasteiger charge is -2.06. The second-order valence-corrected chi connectivity index (χ2v) is 5.73. The van der Waals surface area contributed by atoms with Crippen LogP contribution in [0, 0.1) is 0 Å². The summed E-state index contributed by atoms with van der Waals surface area (Å²) in [5.41, 5.74) is 3.45. The lowest BCUT2D eigenvalue weighted by molar-refractivity contribution is 0.144. The summed E-state index contributed by atoms with van der Waals surface area (Å²) in [6.45, 7) is 1.55. The van der Waals surface area contributed by atoms with E-state index >= 15 is 0 Å². The third-order valence-electron chi connectivity index (χ3n) is 3.96. The highest BCUT2D eigenvalue weighted by Gasteiger charge is 2.16. The van der Waals surface area contributed by atoms with E-state index in [2.05, 4.69) is 37.4 Å². The Bertz CT molecular complexity index is 995. The van der Waals surface area contributed by atoms with E-state index in [0.29, 0.717) is 31.3 Å². The number of rotatable bonds is 7. The number of aromatic amines is 1. The quantitative estimate of drug-likeness (QED) is 0.514. The summed E-state index contributed by atoms with van der Waals surface area (Å²) in [5, 5.41) is 9.32. The van der Waals surface area contributed by atoms with Crippen molar-refractivity contribution in [2.75, 3.05) is 20.3 Å². The standard InChI is InChI=1S/C18H18N6O2/c1-25-7-8-26-18-16-14(9-19-17(16)20-12-21-18)15-11-24(23-22-15)10-13-5-3-2-4-6-13/h2-6,9,11-12H,7-8,10H2,1H3,(H,19,20,21). The molecule has 4 rings (SSSR count). The molecule has 0 saturated heterocycles. The second-order valence-electron chi connectivity index (χ2n) is 5.73. The van der Waals surface area contributed by atoms with Crippen LogP contribution in [0.4, 0.5) is 0 Å². The third kappa shape index (κ3) is 3.27. The van der Waals surface area contributed by atoms with Gasteiger partial charge in [-0.15, -0.1) is 5.10 Å². The van der Waals surface area contributed by atoms with Crippen molar-refractivity contribution in [3.8, 4) is 17.1 Å². The highest BCUT2D eigenvalue weighted by molar-refractivity contribution is 5.95. The highest BCUT2D eigenvalue weighted by Crippen LogP contribution is 2.31. The molecule has 3 heterocycles. The van der Waals surface area contributed by atoms with E-state index in [1.807, 2.05) is 30.6 Å². The van der Waals surface area contributed by atoms with E-state index in [0.717, 1.165) is 22.2 Å². The van der Waals surface area contributed by atoms with E-state index in [1.54, 1.807) is 11.8 Å². The van der Waals surface area contributed by atoms with Gasteiger partial charge in [-0.25, -0.2) is 14.6 Å². The van der Waals surface area contributed by atoms with Crippen LogP contribution in [-0.2, 0) is 11.3 Å². The molecule has 1 N–H and O–H groups in total. The Morgan fingerprint density at radius 1 is 1.12 bits per heavy atom. The lowest BCUT2D eigenvalue weighted by Crippen LogP contribution is -2.05. The summed E-state index contributed by atoms with van der Waals surface area (Å²) in [7, 11) is 1.63. The van der Waals surface area contributed by atoms with Crippen LogP contribution < -0.4 is 4.74 Å². The van der Waals surface area contributed by atoms with E-state index in [1.165, 1.54) is 6.33 Å². The van der Waals surface area contributed by atoms with Crippen molar-refractivity contribution >= 4 is 11.0 Å². The lowest BCUT2D eigenvalue weighted by atomic mass is 10.2. The fourth-order valence-corrected chi connectivity index (χ4v) is 2.74. The molecule has 0 radical (unpaired) electrons. The molecule has 0 atom stereocenters. The average Bonchev–Trinajstić information content (AvgIpc) is 3.30. The summed E-state index contributed by atoms with van der Waals surface area (Å²) in [6.07, 6.45) is 5.22. The number of nitrogens with one attached hydrogen (secondary N) is 1. The number of methoxy groups -OCH3 is 1. The maximum Gasteiger partial charge on any atom is 0.226 e. The van der Waals surface area contributed by atoms with Crippen LogP contribution in [0.25, 0.3) is 22.3 Å². The van der Waals surface area contributed by atoms with Crippen molar-refractivity contribution in [2.45, 2.75) is 6.54 Å².